The molecule has 1 fully saturated rings. The highest BCUT2D eigenvalue weighted by molar-refractivity contribution is 6.33. The summed E-state index contributed by atoms with van der Waals surface area (Å²) in [6.07, 6.45) is 0.721. The maximum absolute atomic E-state index is 12.3. The molecule has 0 N–H and O–H groups in total. The van der Waals surface area contributed by atoms with Gasteiger partial charge in [0.25, 0.3) is 5.91 Å². The van der Waals surface area contributed by atoms with Crippen LogP contribution in [0.25, 0.3) is 0 Å². The van der Waals surface area contributed by atoms with Gasteiger partial charge in [-0.2, -0.15) is 0 Å². The number of benzene rings is 1. The fraction of sp³-hybridized carbons (Fsp3) is 0.417. The van der Waals surface area contributed by atoms with E-state index in [1.54, 1.807) is 12.0 Å². The van der Waals surface area contributed by atoms with Gasteiger partial charge in [-0.05, 0) is 18.6 Å². The van der Waals surface area contributed by atoms with Crippen molar-refractivity contribution in [3.8, 4) is 0 Å². The minimum atomic E-state index is -0.626. The van der Waals surface area contributed by atoms with Crippen LogP contribution in [0, 0.1) is 10.1 Å². The van der Waals surface area contributed by atoms with Crippen molar-refractivity contribution < 1.29 is 14.5 Å². The SMILES string of the molecule is COC1CCN(C(=O)c2cccc(Cl)c2[N+](=O)[O-])C1. The van der Waals surface area contributed by atoms with Crippen LogP contribution in [-0.4, -0.2) is 42.0 Å². The molecular weight excluding hydrogens is 272 g/mol. The fourth-order valence-electron chi connectivity index (χ4n) is 2.15. The van der Waals surface area contributed by atoms with Gasteiger partial charge in [0, 0.05) is 20.2 Å². The van der Waals surface area contributed by atoms with E-state index < -0.39 is 4.92 Å². The second-order valence-electron chi connectivity index (χ2n) is 4.29. The highest BCUT2D eigenvalue weighted by Crippen LogP contribution is 2.30. The Morgan fingerprint density at radius 1 is 1.58 bits per heavy atom. The van der Waals surface area contributed by atoms with Crippen molar-refractivity contribution in [1.82, 2.24) is 4.90 Å². The van der Waals surface area contributed by atoms with Crippen molar-refractivity contribution in [2.24, 2.45) is 0 Å². The predicted octanol–water partition coefficient (Wildman–Crippen LogP) is 2.11. The Balaban J connectivity index is 2.30. The van der Waals surface area contributed by atoms with Gasteiger partial charge in [0.05, 0.1) is 11.0 Å². The summed E-state index contributed by atoms with van der Waals surface area (Å²) < 4.78 is 5.18. The first-order valence-electron chi connectivity index (χ1n) is 5.79. The number of carbonyl (C=O) groups is 1. The second-order valence-corrected chi connectivity index (χ2v) is 4.70. The predicted molar refractivity (Wildman–Crippen MR) is 69.4 cm³/mol. The molecule has 6 nitrogen and oxygen atoms in total. The van der Waals surface area contributed by atoms with Crippen molar-refractivity contribution in [3.63, 3.8) is 0 Å². The van der Waals surface area contributed by atoms with Gasteiger partial charge < -0.3 is 9.64 Å². The maximum atomic E-state index is 12.3. The fourth-order valence-corrected chi connectivity index (χ4v) is 2.39. The highest BCUT2D eigenvalue weighted by Gasteiger charge is 2.31. The number of nitro groups is 1. The molecule has 1 aliphatic rings. The monoisotopic (exact) mass is 284 g/mol. The topological polar surface area (TPSA) is 72.7 Å². The molecule has 2 rings (SSSR count). The number of ether oxygens (including phenoxy) is 1. The van der Waals surface area contributed by atoms with E-state index in [1.165, 1.54) is 18.2 Å². The van der Waals surface area contributed by atoms with Crippen LogP contribution < -0.4 is 0 Å². The summed E-state index contributed by atoms with van der Waals surface area (Å²) in [5.74, 6) is -0.381. The molecule has 1 atom stereocenters. The van der Waals surface area contributed by atoms with Gasteiger partial charge in [-0.15, -0.1) is 0 Å². The molecule has 0 bridgehead atoms. The Bertz CT molecular complexity index is 520. The van der Waals surface area contributed by atoms with Crippen LogP contribution >= 0.6 is 11.6 Å². The van der Waals surface area contributed by atoms with Crippen LogP contribution in [0.2, 0.25) is 5.02 Å². The molecule has 1 heterocycles. The van der Waals surface area contributed by atoms with Crippen molar-refractivity contribution in [2.45, 2.75) is 12.5 Å². The summed E-state index contributed by atoms with van der Waals surface area (Å²) in [6.45, 7) is 0.972. The standard InChI is InChI=1S/C12H13ClN2O4/c1-19-8-5-6-14(7-8)12(16)9-3-2-4-10(13)11(9)15(17)18/h2-4,8H,5-7H2,1H3. The zero-order chi connectivity index (χ0) is 14.0. The third-order valence-electron chi connectivity index (χ3n) is 3.17. The molecule has 0 spiro atoms. The third-order valence-corrected chi connectivity index (χ3v) is 3.47. The maximum Gasteiger partial charge on any atom is 0.300 e. The average molecular weight is 285 g/mol. The van der Waals surface area contributed by atoms with Gasteiger partial charge in [-0.1, -0.05) is 17.7 Å². The Hall–Kier alpha value is -1.66. The first kappa shape index (κ1) is 13.8. The van der Waals surface area contributed by atoms with Crippen LogP contribution in [-0.2, 0) is 4.74 Å². The zero-order valence-corrected chi connectivity index (χ0v) is 11.1. The number of nitrogens with zero attached hydrogens (tertiary/aromatic N) is 2. The van der Waals surface area contributed by atoms with E-state index in [0.717, 1.165) is 6.42 Å². The Kier molecular flexibility index (Phi) is 4.01. The number of nitro benzene ring substituents is 1. The van der Waals surface area contributed by atoms with Gasteiger partial charge in [-0.25, -0.2) is 0 Å². The molecule has 0 aromatic heterocycles. The number of hydrogen-bond donors (Lipinski definition) is 0. The number of amides is 1. The van der Waals surface area contributed by atoms with Crippen LogP contribution in [0.3, 0.4) is 0 Å². The third kappa shape index (κ3) is 2.69. The van der Waals surface area contributed by atoms with Crippen molar-refractivity contribution >= 4 is 23.2 Å². The normalized spacial score (nSPS) is 18.6. The van der Waals surface area contributed by atoms with Crippen molar-refractivity contribution in [2.75, 3.05) is 20.2 Å². The van der Waals surface area contributed by atoms with Gasteiger partial charge in [-0.3, -0.25) is 14.9 Å². The molecule has 7 heteroatoms. The molecule has 102 valence electrons. The van der Waals surface area contributed by atoms with E-state index in [2.05, 4.69) is 0 Å². The average Bonchev–Trinajstić information content (AvgIpc) is 2.85. The smallest absolute Gasteiger partial charge is 0.300 e. The molecule has 1 saturated heterocycles. The Morgan fingerprint density at radius 2 is 2.32 bits per heavy atom. The van der Waals surface area contributed by atoms with Gasteiger partial charge in [0.15, 0.2) is 0 Å². The number of rotatable bonds is 3. The number of halogens is 1. The molecule has 1 unspecified atom stereocenters. The first-order chi connectivity index (χ1) is 9.04. The molecular formula is C12H13ClN2O4. The summed E-state index contributed by atoms with van der Waals surface area (Å²) in [4.78, 5) is 24.2. The Labute approximate surface area is 115 Å². The van der Waals surface area contributed by atoms with Crippen LogP contribution in [0.1, 0.15) is 16.8 Å². The van der Waals surface area contributed by atoms with Crippen LogP contribution in [0.15, 0.2) is 18.2 Å². The number of methoxy groups -OCH3 is 1. The lowest BCUT2D eigenvalue weighted by molar-refractivity contribution is -0.385. The number of likely N-dealkylation sites (tertiary alicyclic amines) is 1. The molecule has 1 aliphatic heterocycles. The van der Waals surface area contributed by atoms with E-state index in [4.69, 9.17) is 16.3 Å². The van der Waals surface area contributed by atoms with Gasteiger partial charge >= 0.3 is 5.69 Å². The first-order valence-corrected chi connectivity index (χ1v) is 6.17. The van der Waals surface area contributed by atoms with E-state index in [1.807, 2.05) is 0 Å². The van der Waals surface area contributed by atoms with Crippen LogP contribution in [0.4, 0.5) is 5.69 Å². The zero-order valence-electron chi connectivity index (χ0n) is 10.3. The minimum absolute atomic E-state index is 0.0119. The quantitative estimate of drug-likeness (QED) is 0.629. The number of hydrogen-bond acceptors (Lipinski definition) is 4. The second kappa shape index (κ2) is 5.54. The Morgan fingerprint density at radius 3 is 2.89 bits per heavy atom. The van der Waals surface area contributed by atoms with Crippen LogP contribution in [0.5, 0.6) is 0 Å². The summed E-state index contributed by atoms with van der Waals surface area (Å²) in [6, 6.07) is 4.36. The van der Waals surface area contributed by atoms with Gasteiger partial charge in [0.2, 0.25) is 0 Å². The number of para-hydroxylation sites is 1. The van der Waals surface area contributed by atoms with Gasteiger partial charge in [0.1, 0.15) is 10.6 Å². The lowest BCUT2D eigenvalue weighted by atomic mass is 10.1. The van der Waals surface area contributed by atoms with Crippen molar-refractivity contribution in [3.05, 3.63) is 38.9 Å². The van der Waals surface area contributed by atoms with E-state index in [-0.39, 0.29) is 28.3 Å². The number of carbonyl (C=O) groups excluding carboxylic acids is 1. The summed E-state index contributed by atoms with van der Waals surface area (Å²) >= 11 is 5.79. The molecule has 0 radical (unpaired) electrons. The molecule has 19 heavy (non-hydrogen) atoms. The lowest BCUT2D eigenvalue weighted by Crippen LogP contribution is -2.30. The van der Waals surface area contributed by atoms with Crippen molar-refractivity contribution in [1.29, 1.82) is 0 Å². The highest BCUT2D eigenvalue weighted by atomic mass is 35.5. The molecule has 0 aliphatic carbocycles. The molecule has 1 aromatic carbocycles. The van der Waals surface area contributed by atoms with E-state index in [9.17, 15) is 14.9 Å². The summed E-state index contributed by atoms with van der Waals surface area (Å²) in [5.41, 5.74) is -0.315. The summed E-state index contributed by atoms with van der Waals surface area (Å²) in [5, 5.41) is 11.0. The molecule has 1 amide bonds. The summed E-state index contributed by atoms with van der Waals surface area (Å²) in [7, 11) is 1.58. The largest absolute Gasteiger partial charge is 0.380 e. The molecule has 0 saturated carbocycles. The minimum Gasteiger partial charge on any atom is -0.380 e. The van der Waals surface area contributed by atoms with E-state index in [0.29, 0.717) is 13.1 Å². The van der Waals surface area contributed by atoms with E-state index >= 15 is 0 Å². The molecule has 1 aromatic rings. The lowest BCUT2D eigenvalue weighted by Gasteiger charge is -2.16.